The van der Waals surface area contributed by atoms with Gasteiger partial charge in [-0.1, -0.05) is 23.2 Å². The van der Waals surface area contributed by atoms with Gasteiger partial charge < -0.3 is 14.2 Å². The molecule has 1 fully saturated rings. The molecule has 1 saturated heterocycles. The molecule has 2 aromatic rings. The van der Waals surface area contributed by atoms with E-state index in [1.165, 1.54) is 13.3 Å². The molecule has 6 nitrogen and oxygen atoms in total. The molecule has 1 aliphatic rings. The van der Waals surface area contributed by atoms with Crippen LogP contribution in [0.4, 0.5) is 0 Å². The Balaban J connectivity index is 1.57. The average Bonchev–Trinajstić information content (AvgIpc) is 3.15. The van der Waals surface area contributed by atoms with Gasteiger partial charge in [0.1, 0.15) is 28.7 Å². The molecule has 0 spiro atoms. The average molecular weight is 429 g/mol. The Morgan fingerprint density at radius 3 is 2.67 bits per heavy atom. The highest BCUT2D eigenvalue weighted by Gasteiger charge is 2.34. The molecule has 0 aliphatic carbocycles. The van der Waals surface area contributed by atoms with Crippen molar-refractivity contribution < 1.29 is 19.0 Å². The number of hydrogen-bond donors (Lipinski definition) is 1. The molecule has 9 heteroatoms. The quantitative estimate of drug-likeness (QED) is 0.692. The molecule has 0 bridgehead atoms. The number of carbonyl (C=O) groups excluding carboxylic acids is 1. The molecular weight excluding hydrogens is 411 g/mol. The number of carbonyl (C=O) groups is 1. The second-order valence-electron chi connectivity index (χ2n) is 5.83. The van der Waals surface area contributed by atoms with Crippen molar-refractivity contribution in [1.82, 2.24) is 10.3 Å². The first-order valence-electron chi connectivity index (χ1n) is 8.17. The molecule has 0 radical (unpaired) electrons. The normalized spacial score (nSPS) is 20.1. The molecule has 27 heavy (non-hydrogen) atoms. The van der Waals surface area contributed by atoms with Crippen LogP contribution >= 0.6 is 35.0 Å². The molecule has 0 saturated carbocycles. The minimum Gasteiger partial charge on any atom is -0.488 e. The zero-order valence-corrected chi connectivity index (χ0v) is 17.0. The summed E-state index contributed by atoms with van der Waals surface area (Å²) in [6.45, 7) is 1.95. The molecule has 1 aliphatic heterocycles. The summed E-state index contributed by atoms with van der Waals surface area (Å²) in [6.07, 6.45) is 1.33. The highest BCUT2D eigenvalue weighted by atomic mass is 35.5. The molecule has 3 rings (SSSR count). The van der Waals surface area contributed by atoms with E-state index in [-0.39, 0.29) is 29.4 Å². The number of esters is 1. The number of thioether (sulfide) groups is 1. The van der Waals surface area contributed by atoms with E-state index in [9.17, 15) is 4.79 Å². The van der Waals surface area contributed by atoms with Crippen LogP contribution in [-0.4, -0.2) is 41.3 Å². The third kappa shape index (κ3) is 5.19. The number of rotatable bonds is 6. The number of nitrogens with zero attached hydrogens (tertiary/aromatic N) is 1. The van der Waals surface area contributed by atoms with E-state index in [4.69, 9.17) is 37.4 Å². The largest absolute Gasteiger partial charge is 0.488 e. The van der Waals surface area contributed by atoms with Crippen molar-refractivity contribution in [2.24, 2.45) is 0 Å². The summed E-state index contributed by atoms with van der Waals surface area (Å²) in [4.78, 5) is 15.7. The summed E-state index contributed by atoms with van der Waals surface area (Å²) >= 11 is 13.5. The lowest BCUT2D eigenvalue weighted by Gasteiger charge is -2.21. The zero-order valence-electron chi connectivity index (χ0n) is 14.6. The van der Waals surface area contributed by atoms with E-state index < -0.39 is 0 Å². The van der Waals surface area contributed by atoms with E-state index in [0.29, 0.717) is 27.3 Å². The van der Waals surface area contributed by atoms with Gasteiger partial charge in [0.2, 0.25) is 5.88 Å². The number of hydrogen-bond acceptors (Lipinski definition) is 7. The smallest absolute Gasteiger partial charge is 0.323 e. The zero-order chi connectivity index (χ0) is 19.4. The number of benzene rings is 1. The van der Waals surface area contributed by atoms with Gasteiger partial charge >= 0.3 is 5.97 Å². The third-order valence-corrected chi connectivity index (χ3v) is 5.74. The fourth-order valence-corrected chi connectivity index (χ4v) is 4.13. The van der Waals surface area contributed by atoms with Crippen LogP contribution in [0.1, 0.15) is 6.92 Å². The Labute approximate surface area is 171 Å². The molecule has 2 unspecified atom stereocenters. The summed E-state index contributed by atoms with van der Waals surface area (Å²) < 4.78 is 16.4. The van der Waals surface area contributed by atoms with Crippen LogP contribution in [0.5, 0.6) is 17.4 Å². The van der Waals surface area contributed by atoms with Crippen LogP contribution in [0, 0.1) is 0 Å². The van der Waals surface area contributed by atoms with Gasteiger partial charge in [0.15, 0.2) is 0 Å². The molecule has 3 atom stereocenters. The van der Waals surface area contributed by atoms with Crippen molar-refractivity contribution in [3.05, 3.63) is 46.6 Å². The molecule has 1 aromatic heterocycles. The SMILES string of the molecule is COC(=O)C1CS[C@H](C(C)Oc2ccc(Oc3ncc(Cl)cc3Cl)cc2)N1. The van der Waals surface area contributed by atoms with E-state index in [1.807, 2.05) is 6.92 Å². The lowest BCUT2D eigenvalue weighted by atomic mass is 10.3. The van der Waals surface area contributed by atoms with Crippen LogP contribution in [0.15, 0.2) is 36.5 Å². The fourth-order valence-electron chi connectivity index (χ4n) is 2.50. The first-order valence-corrected chi connectivity index (χ1v) is 9.98. The topological polar surface area (TPSA) is 69.7 Å². The molecular formula is C18H18Cl2N2O4S. The van der Waals surface area contributed by atoms with Crippen LogP contribution < -0.4 is 14.8 Å². The fraction of sp³-hybridized carbons (Fsp3) is 0.333. The van der Waals surface area contributed by atoms with Gasteiger partial charge in [0.05, 0.1) is 17.5 Å². The molecule has 1 aromatic carbocycles. The van der Waals surface area contributed by atoms with Crippen molar-refractivity contribution in [3.8, 4) is 17.4 Å². The van der Waals surface area contributed by atoms with E-state index >= 15 is 0 Å². The van der Waals surface area contributed by atoms with Crippen LogP contribution in [0.25, 0.3) is 0 Å². The maximum Gasteiger partial charge on any atom is 0.323 e. The number of pyridine rings is 1. The Hall–Kier alpha value is -1.67. The Bertz CT molecular complexity index is 806. The lowest BCUT2D eigenvalue weighted by molar-refractivity contribution is -0.142. The molecule has 2 heterocycles. The molecule has 0 amide bonds. The number of aromatic nitrogens is 1. The van der Waals surface area contributed by atoms with E-state index in [2.05, 4.69) is 10.3 Å². The van der Waals surface area contributed by atoms with Crippen LogP contribution in [0.3, 0.4) is 0 Å². The second kappa shape index (κ2) is 9.01. The van der Waals surface area contributed by atoms with Crippen molar-refractivity contribution in [3.63, 3.8) is 0 Å². The van der Waals surface area contributed by atoms with Crippen molar-refractivity contribution in [2.45, 2.75) is 24.4 Å². The Morgan fingerprint density at radius 2 is 2.00 bits per heavy atom. The lowest BCUT2D eigenvalue weighted by Crippen LogP contribution is -2.42. The number of halogens is 2. The standard InChI is InChI=1S/C18H18Cl2N2O4S/c1-10(17-22-15(9-27-17)18(23)24-2)25-12-3-5-13(6-4-12)26-16-14(20)7-11(19)8-21-16/h3-8,10,15,17,22H,9H2,1-2H3/t10?,15?,17-/m1/s1. The highest BCUT2D eigenvalue weighted by molar-refractivity contribution is 8.00. The molecule has 1 N–H and O–H groups in total. The van der Waals surface area contributed by atoms with Crippen LogP contribution in [0.2, 0.25) is 10.0 Å². The summed E-state index contributed by atoms with van der Waals surface area (Å²) in [5.74, 6) is 1.95. The number of methoxy groups -OCH3 is 1. The van der Waals surface area contributed by atoms with E-state index in [0.717, 1.165) is 0 Å². The summed E-state index contributed by atoms with van der Waals surface area (Å²) in [5.41, 5.74) is 0. The third-order valence-electron chi connectivity index (χ3n) is 3.85. The summed E-state index contributed by atoms with van der Waals surface area (Å²) in [6, 6.07) is 8.39. The van der Waals surface area contributed by atoms with Gasteiger partial charge in [-0.2, -0.15) is 0 Å². The summed E-state index contributed by atoms with van der Waals surface area (Å²) in [5, 5.41) is 4.00. The first kappa shape index (κ1) is 20.1. The second-order valence-corrected chi connectivity index (χ2v) is 7.85. The van der Waals surface area contributed by atoms with Crippen molar-refractivity contribution >= 4 is 40.9 Å². The monoisotopic (exact) mass is 428 g/mol. The van der Waals surface area contributed by atoms with Gasteiger partial charge in [-0.3, -0.25) is 10.1 Å². The van der Waals surface area contributed by atoms with Crippen molar-refractivity contribution in [1.29, 1.82) is 0 Å². The van der Waals surface area contributed by atoms with Gasteiger partial charge in [-0.15, -0.1) is 11.8 Å². The van der Waals surface area contributed by atoms with E-state index in [1.54, 1.807) is 42.1 Å². The predicted octanol–water partition coefficient (Wildman–Crippen LogP) is 4.15. The minimum atomic E-state index is -0.302. The Morgan fingerprint density at radius 1 is 1.30 bits per heavy atom. The predicted molar refractivity (Wildman–Crippen MR) is 106 cm³/mol. The first-order chi connectivity index (χ1) is 13.0. The number of nitrogens with one attached hydrogen (secondary N) is 1. The minimum absolute atomic E-state index is 0.00194. The number of ether oxygens (including phenoxy) is 3. The van der Waals surface area contributed by atoms with Gasteiger partial charge in [-0.05, 0) is 37.3 Å². The van der Waals surface area contributed by atoms with Crippen molar-refractivity contribution in [2.75, 3.05) is 12.9 Å². The van der Waals surface area contributed by atoms with Gasteiger partial charge in [0.25, 0.3) is 0 Å². The molecule has 144 valence electrons. The van der Waals surface area contributed by atoms with Crippen LogP contribution in [-0.2, 0) is 9.53 Å². The summed E-state index contributed by atoms with van der Waals surface area (Å²) in [7, 11) is 1.39. The van der Waals surface area contributed by atoms with Gasteiger partial charge in [0, 0.05) is 11.9 Å². The Kier molecular flexibility index (Phi) is 6.70. The van der Waals surface area contributed by atoms with Gasteiger partial charge in [-0.25, -0.2) is 4.98 Å². The highest BCUT2D eigenvalue weighted by Crippen LogP contribution is 2.30. The maximum absolute atomic E-state index is 11.6. The maximum atomic E-state index is 11.6.